The first-order valence-electron chi connectivity index (χ1n) is 3.86. The minimum absolute atomic E-state index is 0.503. The average Bonchev–Trinajstić information content (AvgIpc) is 1.87. The lowest BCUT2D eigenvalue weighted by Gasteiger charge is -2.23. The van der Waals surface area contributed by atoms with Crippen molar-refractivity contribution in [2.24, 2.45) is 0 Å². The maximum Gasteiger partial charge on any atom is 0.0233 e. The summed E-state index contributed by atoms with van der Waals surface area (Å²) >= 11 is 0. The molecule has 0 aromatic heterocycles. The molecular weight excluding hydrogens is 136 g/mol. The molecule has 0 aliphatic carbocycles. The minimum Gasteiger partial charge on any atom is -0.323 e. The maximum absolute atomic E-state index is 3.62. The van der Waals surface area contributed by atoms with Gasteiger partial charge in [0.25, 0.3) is 0 Å². The Kier molecular flexibility index (Phi) is 4.62. The average molecular weight is 154 g/mol. The Hall–Kier alpha value is -0.760. The number of nitrogens with zero attached hydrogens (tertiary/aromatic N) is 1. The summed E-state index contributed by atoms with van der Waals surface area (Å²) in [6.07, 6.45) is 3.72. The molecule has 64 valence electrons. The third-order valence-electron chi connectivity index (χ3n) is 1.50. The molecule has 2 nitrogen and oxygen atoms in total. The van der Waals surface area contributed by atoms with Gasteiger partial charge in [0.2, 0.25) is 0 Å². The molecule has 0 saturated carbocycles. The van der Waals surface area contributed by atoms with Crippen molar-refractivity contribution >= 4 is 0 Å². The fraction of sp³-hybridized carbons (Fsp3) is 0.556. The molecule has 0 unspecified atom stereocenters. The molecule has 0 spiro atoms. The van der Waals surface area contributed by atoms with E-state index in [1.807, 2.05) is 20.0 Å². The van der Waals surface area contributed by atoms with E-state index in [0.29, 0.717) is 6.04 Å². The molecule has 0 heterocycles. The first-order valence-corrected chi connectivity index (χ1v) is 3.86. The molecule has 11 heavy (non-hydrogen) atoms. The van der Waals surface area contributed by atoms with Crippen LogP contribution in [0, 0.1) is 0 Å². The van der Waals surface area contributed by atoms with Gasteiger partial charge in [-0.25, -0.2) is 5.01 Å². The highest BCUT2D eigenvalue weighted by Crippen LogP contribution is 1.93. The van der Waals surface area contributed by atoms with Crippen LogP contribution < -0.4 is 5.43 Å². The SMILES string of the molecule is C=C/C=C(\C)NN(C)C(C)C. The van der Waals surface area contributed by atoms with E-state index in [2.05, 4.69) is 30.9 Å². The molecule has 0 atom stereocenters. The molecule has 2 heteroatoms. The van der Waals surface area contributed by atoms with E-state index in [4.69, 9.17) is 0 Å². The van der Waals surface area contributed by atoms with Gasteiger partial charge in [0.15, 0.2) is 0 Å². The topological polar surface area (TPSA) is 15.3 Å². The number of nitrogens with one attached hydrogen (secondary N) is 1. The normalized spacial score (nSPS) is 12.4. The van der Waals surface area contributed by atoms with Crippen LogP contribution in [0.15, 0.2) is 24.4 Å². The Morgan fingerprint density at radius 2 is 2.09 bits per heavy atom. The van der Waals surface area contributed by atoms with Gasteiger partial charge in [0.05, 0.1) is 0 Å². The van der Waals surface area contributed by atoms with Crippen molar-refractivity contribution in [2.45, 2.75) is 26.8 Å². The number of hydrazine groups is 1. The summed E-state index contributed by atoms with van der Waals surface area (Å²) in [5.74, 6) is 0. The molecule has 0 fully saturated rings. The van der Waals surface area contributed by atoms with Crippen LogP contribution in [-0.4, -0.2) is 18.1 Å². The number of allylic oxidation sites excluding steroid dienone is 3. The summed E-state index contributed by atoms with van der Waals surface area (Å²) in [7, 11) is 2.02. The van der Waals surface area contributed by atoms with Crippen molar-refractivity contribution in [3.63, 3.8) is 0 Å². The van der Waals surface area contributed by atoms with E-state index < -0.39 is 0 Å². The van der Waals surface area contributed by atoms with Crippen LogP contribution in [0.25, 0.3) is 0 Å². The lowest BCUT2D eigenvalue weighted by molar-refractivity contribution is 0.212. The molecule has 0 amide bonds. The van der Waals surface area contributed by atoms with Gasteiger partial charge in [-0.05, 0) is 26.8 Å². The lowest BCUT2D eigenvalue weighted by atomic mass is 10.4. The Balaban J connectivity index is 3.84. The highest BCUT2D eigenvalue weighted by atomic mass is 15.5. The highest BCUT2D eigenvalue weighted by molar-refractivity contribution is 5.05. The van der Waals surface area contributed by atoms with E-state index in [-0.39, 0.29) is 0 Å². The Labute approximate surface area is 69.6 Å². The van der Waals surface area contributed by atoms with Gasteiger partial charge in [-0.15, -0.1) is 0 Å². The zero-order chi connectivity index (χ0) is 8.85. The fourth-order valence-corrected chi connectivity index (χ4v) is 0.621. The summed E-state index contributed by atoms with van der Waals surface area (Å²) in [4.78, 5) is 0. The van der Waals surface area contributed by atoms with Gasteiger partial charge >= 0.3 is 0 Å². The van der Waals surface area contributed by atoms with Crippen LogP contribution in [0.3, 0.4) is 0 Å². The second-order valence-electron chi connectivity index (χ2n) is 2.90. The molecule has 0 saturated heterocycles. The zero-order valence-corrected chi connectivity index (χ0v) is 7.89. The summed E-state index contributed by atoms with van der Waals surface area (Å²) in [6.45, 7) is 9.90. The van der Waals surface area contributed by atoms with Crippen LogP contribution in [0.4, 0.5) is 0 Å². The summed E-state index contributed by atoms with van der Waals surface area (Å²) in [6, 6.07) is 0.503. The smallest absolute Gasteiger partial charge is 0.0233 e. The minimum atomic E-state index is 0.503. The fourth-order valence-electron chi connectivity index (χ4n) is 0.621. The first kappa shape index (κ1) is 10.2. The Morgan fingerprint density at radius 1 is 1.55 bits per heavy atom. The second kappa shape index (κ2) is 4.97. The van der Waals surface area contributed by atoms with Gasteiger partial charge in [-0.2, -0.15) is 0 Å². The third-order valence-corrected chi connectivity index (χ3v) is 1.50. The van der Waals surface area contributed by atoms with Crippen LogP contribution in [0.2, 0.25) is 0 Å². The van der Waals surface area contributed by atoms with Crippen molar-refractivity contribution in [2.75, 3.05) is 7.05 Å². The van der Waals surface area contributed by atoms with Crippen molar-refractivity contribution < 1.29 is 0 Å². The number of hydrogen-bond acceptors (Lipinski definition) is 2. The predicted molar refractivity (Wildman–Crippen MR) is 50.0 cm³/mol. The van der Waals surface area contributed by atoms with Crippen molar-refractivity contribution in [3.8, 4) is 0 Å². The molecule has 0 aliphatic heterocycles. The van der Waals surface area contributed by atoms with Crippen molar-refractivity contribution in [1.82, 2.24) is 10.4 Å². The standard InChI is InChI=1S/C9H18N2/c1-6-7-9(4)10-11(5)8(2)3/h6-8,10H,1H2,2-5H3/b9-7+. The lowest BCUT2D eigenvalue weighted by Crippen LogP contribution is -2.38. The van der Waals surface area contributed by atoms with E-state index in [9.17, 15) is 0 Å². The van der Waals surface area contributed by atoms with Crippen molar-refractivity contribution in [3.05, 3.63) is 24.4 Å². The van der Waals surface area contributed by atoms with Gasteiger partial charge in [0, 0.05) is 18.8 Å². The third kappa shape index (κ3) is 4.62. The molecule has 0 rings (SSSR count). The molecule has 1 N–H and O–H groups in total. The Morgan fingerprint density at radius 3 is 2.45 bits per heavy atom. The quantitative estimate of drug-likeness (QED) is 0.491. The predicted octanol–water partition coefficient (Wildman–Crippen LogP) is 1.92. The van der Waals surface area contributed by atoms with Crippen LogP contribution in [0.1, 0.15) is 20.8 Å². The number of hydrogen-bond donors (Lipinski definition) is 1. The summed E-state index contributed by atoms with van der Waals surface area (Å²) < 4.78 is 0. The largest absolute Gasteiger partial charge is 0.323 e. The molecule has 0 aromatic rings. The number of rotatable bonds is 4. The highest BCUT2D eigenvalue weighted by Gasteiger charge is 2.00. The molecular formula is C9H18N2. The summed E-state index contributed by atoms with van der Waals surface area (Å²) in [5, 5.41) is 2.05. The molecule has 0 bridgehead atoms. The molecule has 0 aliphatic rings. The van der Waals surface area contributed by atoms with Crippen LogP contribution in [0.5, 0.6) is 0 Å². The van der Waals surface area contributed by atoms with Crippen LogP contribution >= 0.6 is 0 Å². The van der Waals surface area contributed by atoms with E-state index in [1.54, 1.807) is 6.08 Å². The van der Waals surface area contributed by atoms with Gasteiger partial charge in [0.1, 0.15) is 0 Å². The van der Waals surface area contributed by atoms with Gasteiger partial charge in [-0.1, -0.05) is 12.7 Å². The van der Waals surface area contributed by atoms with Gasteiger partial charge < -0.3 is 5.43 Å². The van der Waals surface area contributed by atoms with Crippen molar-refractivity contribution in [1.29, 1.82) is 0 Å². The van der Waals surface area contributed by atoms with Crippen LogP contribution in [-0.2, 0) is 0 Å². The first-order chi connectivity index (χ1) is 5.07. The second-order valence-corrected chi connectivity index (χ2v) is 2.90. The monoisotopic (exact) mass is 154 g/mol. The maximum atomic E-state index is 3.62. The van der Waals surface area contributed by atoms with E-state index in [1.165, 1.54) is 0 Å². The molecule has 0 radical (unpaired) electrons. The zero-order valence-electron chi connectivity index (χ0n) is 7.89. The van der Waals surface area contributed by atoms with E-state index in [0.717, 1.165) is 5.70 Å². The van der Waals surface area contributed by atoms with Gasteiger partial charge in [-0.3, -0.25) is 0 Å². The molecule has 0 aromatic carbocycles. The van der Waals surface area contributed by atoms with E-state index >= 15 is 0 Å². The summed E-state index contributed by atoms with van der Waals surface area (Å²) in [5.41, 5.74) is 4.31. The Bertz CT molecular complexity index is 148.